The fourth-order valence-corrected chi connectivity index (χ4v) is 3.37. The molecule has 7 nitrogen and oxygen atoms in total. The number of carbonyl (C=O) groups excluding carboxylic acids is 1. The Bertz CT molecular complexity index is 839. The van der Waals surface area contributed by atoms with Crippen molar-refractivity contribution in [1.29, 1.82) is 0 Å². The highest BCUT2D eigenvalue weighted by Crippen LogP contribution is 2.37. The summed E-state index contributed by atoms with van der Waals surface area (Å²) in [6.07, 6.45) is -6.24. The average Bonchev–Trinajstić information content (AvgIpc) is 2.67. The van der Waals surface area contributed by atoms with Gasteiger partial charge in [-0.1, -0.05) is 29.8 Å². The van der Waals surface area contributed by atoms with Gasteiger partial charge < -0.3 is 29.9 Å². The Labute approximate surface area is 166 Å². The van der Waals surface area contributed by atoms with E-state index in [1.165, 1.54) is 19.1 Å². The van der Waals surface area contributed by atoms with E-state index >= 15 is 0 Å². The molecule has 0 spiro atoms. The second kappa shape index (κ2) is 8.46. The summed E-state index contributed by atoms with van der Waals surface area (Å²) in [4.78, 5) is 11.0. The van der Waals surface area contributed by atoms with Gasteiger partial charge in [-0.25, -0.2) is 0 Å². The molecule has 1 aliphatic heterocycles. The molecule has 0 unspecified atom stereocenters. The molecule has 3 rings (SSSR count). The number of benzene rings is 2. The van der Waals surface area contributed by atoms with E-state index in [9.17, 15) is 25.2 Å². The second-order valence-electron chi connectivity index (χ2n) is 6.66. The summed E-state index contributed by atoms with van der Waals surface area (Å²) in [6, 6.07) is 11.4. The number of aliphatic hydroxyl groups excluding tert-OH is 3. The van der Waals surface area contributed by atoms with Crippen molar-refractivity contribution in [2.45, 2.75) is 37.4 Å². The third-order valence-corrected chi connectivity index (χ3v) is 4.99. The maximum Gasteiger partial charge on any atom is 0.302 e. The van der Waals surface area contributed by atoms with Crippen molar-refractivity contribution in [2.75, 3.05) is 6.61 Å². The van der Waals surface area contributed by atoms with Crippen molar-refractivity contribution in [3.8, 4) is 16.9 Å². The molecule has 150 valence electrons. The summed E-state index contributed by atoms with van der Waals surface area (Å²) in [5.41, 5.74) is 1.91. The molecule has 0 amide bonds. The molecule has 1 fully saturated rings. The van der Waals surface area contributed by atoms with Crippen LogP contribution in [0, 0.1) is 0 Å². The van der Waals surface area contributed by atoms with E-state index in [0.717, 1.165) is 5.56 Å². The van der Waals surface area contributed by atoms with Crippen LogP contribution in [0.15, 0.2) is 42.5 Å². The molecule has 1 saturated heterocycles. The van der Waals surface area contributed by atoms with Crippen molar-refractivity contribution in [3.63, 3.8) is 0 Å². The first-order valence-corrected chi connectivity index (χ1v) is 9.07. The second-order valence-corrected chi connectivity index (χ2v) is 7.06. The van der Waals surface area contributed by atoms with Gasteiger partial charge >= 0.3 is 5.97 Å². The Kier molecular flexibility index (Phi) is 6.22. The molecule has 1 aliphatic rings. The van der Waals surface area contributed by atoms with E-state index in [1.807, 2.05) is 0 Å². The smallest absolute Gasteiger partial charge is 0.302 e. The van der Waals surface area contributed by atoms with Crippen LogP contribution in [0.4, 0.5) is 0 Å². The van der Waals surface area contributed by atoms with Gasteiger partial charge in [-0.05, 0) is 35.4 Å². The molecule has 2 aromatic carbocycles. The van der Waals surface area contributed by atoms with E-state index < -0.39 is 36.5 Å². The van der Waals surface area contributed by atoms with Gasteiger partial charge in [-0.2, -0.15) is 0 Å². The quantitative estimate of drug-likeness (QED) is 0.570. The van der Waals surface area contributed by atoms with Crippen LogP contribution < -0.4 is 0 Å². The summed E-state index contributed by atoms with van der Waals surface area (Å²) in [5, 5.41) is 40.7. The Morgan fingerprint density at radius 2 is 1.75 bits per heavy atom. The van der Waals surface area contributed by atoms with Crippen molar-refractivity contribution in [1.82, 2.24) is 0 Å². The molecule has 8 heteroatoms. The number of phenolic OH excluding ortho intramolecular Hbond substituents is 1. The number of carbonyl (C=O) groups is 1. The maximum absolute atomic E-state index is 11.0. The zero-order chi connectivity index (χ0) is 20.4. The van der Waals surface area contributed by atoms with E-state index in [1.54, 1.807) is 30.3 Å². The lowest BCUT2D eigenvalue weighted by Crippen LogP contribution is -2.55. The van der Waals surface area contributed by atoms with E-state index in [-0.39, 0.29) is 12.4 Å². The Morgan fingerprint density at radius 3 is 2.39 bits per heavy atom. The van der Waals surface area contributed by atoms with E-state index in [0.29, 0.717) is 16.1 Å². The monoisotopic (exact) mass is 408 g/mol. The summed E-state index contributed by atoms with van der Waals surface area (Å²) in [5.74, 6) is -0.429. The fraction of sp³-hybridized carbons (Fsp3) is 0.350. The molecule has 0 radical (unpaired) electrons. The number of aromatic hydroxyl groups is 1. The van der Waals surface area contributed by atoms with Crippen LogP contribution in [0.5, 0.6) is 5.75 Å². The first-order chi connectivity index (χ1) is 13.3. The van der Waals surface area contributed by atoms with Crippen LogP contribution in [-0.4, -0.2) is 57.4 Å². The van der Waals surface area contributed by atoms with Crippen molar-refractivity contribution < 1.29 is 34.7 Å². The summed E-state index contributed by atoms with van der Waals surface area (Å²) in [6.45, 7) is 0.969. The van der Waals surface area contributed by atoms with E-state index in [4.69, 9.17) is 21.1 Å². The van der Waals surface area contributed by atoms with Crippen LogP contribution in [0.1, 0.15) is 18.6 Å². The molecular formula is C20H21ClO7. The highest BCUT2D eigenvalue weighted by atomic mass is 35.5. The fourth-order valence-electron chi connectivity index (χ4n) is 3.15. The largest absolute Gasteiger partial charge is 0.508 e. The third-order valence-electron chi connectivity index (χ3n) is 4.66. The Hall–Kier alpha value is -2.16. The van der Waals surface area contributed by atoms with Gasteiger partial charge in [0.15, 0.2) is 0 Å². The molecule has 5 atom stereocenters. The third kappa shape index (κ3) is 4.29. The van der Waals surface area contributed by atoms with Crippen LogP contribution in [0.3, 0.4) is 0 Å². The summed E-state index contributed by atoms with van der Waals surface area (Å²) >= 11 is 6.30. The minimum Gasteiger partial charge on any atom is -0.508 e. The number of halogens is 1. The van der Waals surface area contributed by atoms with Crippen molar-refractivity contribution in [3.05, 3.63) is 53.1 Å². The molecular weight excluding hydrogens is 388 g/mol. The number of esters is 1. The van der Waals surface area contributed by atoms with Gasteiger partial charge in [0.2, 0.25) is 0 Å². The van der Waals surface area contributed by atoms with Gasteiger partial charge in [0.1, 0.15) is 42.9 Å². The number of rotatable bonds is 4. The highest BCUT2D eigenvalue weighted by molar-refractivity contribution is 6.33. The first-order valence-electron chi connectivity index (χ1n) is 8.70. The number of ether oxygens (including phenoxy) is 2. The lowest BCUT2D eigenvalue weighted by atomic mass is 9.90. The zero-order valence-electron chi connectivity index (χ0n) is 15.0. The van der Waals surface area contributed by atoms with Crippen LogP contribution in [0.25, 0.3) is 11.1 Å². The minimum atomic E-state index is -1.48. The Balaban J connectivity index is 1.91. The molecule has 1 heterocycles. The average molecular weight is 409 g/mol. The predicted octanol–water partition coefficient (Wildman–Crippen LogP) is 1.80. The molecule has 0 aromatic heterocycles. The number of aliphatic hydroxyl groups is 3. The SMILES string of the molecule is CC(=O)OC[C@H]1O[C@@H](c2ccc(Cl)c(-c3ccc(O)cc3)c2)[C@@H](O)[C@@H](O)[C@H]1O. The number of hydrogen-bond acceptors (Lipinski definition) is 7. The van der Waals surface area contributed by atoms with Gasteiger partial charge in [-0.15, -0.1) is 0 Å². The normalized spacial score (nSPS) is 27.4. The van der Waals surface area contributed by atoms with E-state index in [2.05, 4.69) is 0 Å². The van der Waals surface area contributed by atoms with Crippen LogP contribution in [0.2, 0.25) is 5.02 Å². The van der Waals surface area contributed by atoms with Gasteiger partial charge in [-0.3, -0.25) is 4.79 Å². The molecule has 4 N–H and O–H groups in total. The molecule has 0 bridgehead atoms. The van der Waals surface area contributed by atoms with Gasteiger partial charge in [0.25, 0.3) is 0 Å². The summed E-state index contributed by atoms with van der Waals surface area (Å²) in [7, 11) is 0. The van der Waals surface area contributed by atoms with Crippen LogP contribution >= 0.6 is 11.6 Å². The highest BCUT2D eigenvalue weighted by Gasteiger charge is 2.44. The van der Waals surface area contributed by atoms with Crippen LogP contribution in [-0.2, 0) is 14.3 Å². The van der Waals surface area contributed by atoms with Gasteiger partial charge in [0.05, 0.1) is 0 Å². The first kappa shape index (κ1) is 20.6. The summed E-state index contributed by atoms with van der Waals surface area (Å²) < 4.78 is 10.6. The number of phenols is 1. The molecule has 0 saturated carbocycles. The maximum atomic E-state index is 11.0. The molecule has 28 heavy (non-hydrogen) atoms. The minimum absolute atomic E-state index is 0.118. The van der Waals surface area contributed by atoms with Gasteiger partial charge in [0, 0.05) is 17.5 Å². The topological polar surface area (TPSA) is 116 Å². The lowest BCUT2D eigenvalue weighted by molar-refractivity contribution is -0.234. The molecule has 2 aromatic rings. The standard InChI is InChI=1S/C20H21ClO7/c1-10(22)27-9-16-17(24)18(25)19(26)20(28-16)12-4-7-15(21)14(8-12)11-2-5-13(23)6-3-11/h2-8,16-20,23-26H,9H2,1H3/t16-,17+,18+,19+,20+/m1/s1. The van der Waals surface area contributed by atoms with Crippen molar-refractivity contribution in [2.24, 2.45) is 0 Å². The predicted molar refractivity (Wildman–Crippen MR) is 101 cm³/mol. The lowest BCUT2D eigenvalue weighted by Gasteiger charge is -2.40. The zero-order valence-corrected chi connectivity index (χ0v) is 15.8. The number of hydrogen-bond donors (Lipinski definition) is 4. The van der Waals surface area contributed by atoms with Crippen molar-refractivity contribution >= 4 is 17.6 Å². The Morgan fingerprint density at radius 1 is 1.07 bits per heavy atom. The molecule has 0 aliphatic carbocycles.